The number of likely N-dealkylation sites (N-methyl/N-ethyl adjacent to an activating group) is 1. The summed E-state index contributed by atoms with van der Waals surface area (Å²) >= 11 is 4.33. The second-order valence-electron chi connectivity index (χ2n) is 4.57. The van der Waals surface area contributed by atoms with E-state index in [-0.39, 0.29) is 11.8 Å². The van der Waals surface area contributed by atoms with Crippen molar-refractivity contribution < 1.29 is 9.53 Å². The highest BCUT2D eigenvalue weighted by Gasteiger charge is 2.27. The van der Waals surface area contributed by atoms with Crippen LogP contribution in [0.2, 0.25) is 0 Å². The molecule has 1 atom stereocenters. The first-order valence-electron chi connectivity index (χ1n) is 6.50. The summed E-state index contributed by atoms with van der Waals surface area (Å²) in [6.45, 7) is 2.87. The van der Waals surface area contributed by atoms with Crippen LogP contribution in [-0.4, -0.2) is 55.0 Å². The number of thiol groups is 1. The summed E-state index contributed by atoms with van der Waals surface area (Å²) in [6, 6.07) is 9.81. The zero-order valence-electron chi connectivity index (χ0n) is 11.2. The number of hydrogen-bond acceptors (Lipinski definition) is 4. The molecule has 0 aromatic heterocycles. The molecular formula is C14H20N2O2S. The van der Waals surface area contributed by atoms with Crippen LogP contribution >= 0.6 is 12.6 Å². The first-order chi connectivity index (χ1) is 9.24. The lowest BCUT2D eigenvalue weighted by molar-refractivity contribution is -0.153. The number of benzene rings is 1. The first kappa shape index (κ1) is 14.4. The first-order valence-corrected chi connectivity index (χ1v) is 7.13. The maximum atomic E-state index is 12.6. The van der Waals surface area contributed by atoms with Crippen LogP contribution in [0.4, 0.5) is 0 Å². The molecule has 0 N–H and O–H groups in total. The van der Waals surface area contributed by atoms with Crippen molar-refractivity contribution >= 4 is 18.5 Å². The molecule has 1 heterocycles. The number of ether oxygens (including phenoxy) is 1. The number of hydrazine groups is 1. The summed E-state index contributed by atoms with van der Waals surface area (Å²) in [6.07, 6.45) is 0. The molecule has 0 aliphatic carbocycles. The van der Waals surface area contributed by atoms with E-state index in [1.807, 2.05) is 42.4 Å². The van der Waals surface area contributed by atoms with Crippen molar-refractivity contribution in [2.24, 2.45) is 0 Å². The Kier molecular flexibility index (Phi) is 5.24. The molecule has 0 saturated carbocycles. The summed E-state index contributed by atoms with van der Waals surface area (Å²) in [4.78, 5) is 12.6. The highest BCUT2D eigenvalue weighted by molar-refractivity contribution is 7.80. The van der Waals surface area contributed by atoms with E-state index in [0.717, 1.165) is 18.7 Å². The van der Waals surface area contributed by atoms with Gasteiger partial charge >= 0.3 is 0 Å². The summed E-state index contributed by atoms with van der Waals surface area (Å²) < 4.78 is 5.31. The number of hydrogen-bond donors (Lipinski definition) is 1. The van der Waals surface area contributed by atoms with E-state index < -0.39 is 0 Å². The van der Waals surface area contributed by atoms with Gasteiger partial charge in [0.25, 0.3) is 0 Å². The van der Waals surface area contributed by atoms with Crippen molar-refractivity contribution in [3.63, 3.8) is 0 Å². The number of carbonyl (C=O) groups excluding carboxylic acids is 1. The molecule has 1 unspecified atom stereocenters. The molecule has 104 valence electrons. The standard InChI is InChI=1S/C14H20N2O2S/c1-15(16-7-9-18-10-8-16)14(17)13(11-19)12-5-3-2-4-6-12/h2-6,13,19H,7-11H2,1H3. The average molecular weight is 280 g/mol. The molecule has 1 saturated heterocycles. The van der Waals surface area contributed by atoms with E-state index in [9.17, 15) is 4.79 Å². The van der Waals surface area contributed by atoms with Crippen LogP contribution < -0.4 is 0 Å². The Morgan fingerprint density at radius 2 is 2.00 bits per heavy atom. The van der Waals surface area contributed by atoms with Gasteiger partial charge in [0, 0.05) is 25.9 Å². The van der Waals surface area contributed by atoms with Gasteiger partial charge in [-0.15, -0.1) is 0 Å². The number of rotatable bonds is 4. The highest BCUT2D eigenvalue weighted by atomic mass is 32.1. The monoisotopic (exact) mass is 280 g/mol. The number of amides is 1. The fourth-order valence-electron chi connectivity index (χ4n) is 2.23. The molecule has 1 fully saturated rings. The Morgan fingerprint density at radius 1 is 1.37 bits per heavy atom. The predicted molar refractivity (Wildman–Crippen MR) is 78.2 cm³/mol. The Labute approximate surface area is 119 Å². The lowest BCUT2D eigenvalue weighted by atomic mass is 10.0. The number of nitrogens with zero attached hydrogens (tertiary/aromatic N) is 2. The van der Waals surface area contributed by atoms with Crippen LogP contribution in [0.25, 0.3) is 0 Å². The Bertz CT molecular complexity index is 407. The van der Waals surface area contributed by atoms with E-state index >= 15 is 0 Å². The molecule has 1 aromatic rings. The van der Waals surface area contributed by atoms with Crippen LogP contribution in [0, 0.1) is 0 Å². The summed E-state index contributed by atoms with van der Waals surface area (Å²) in [5, 5.41) is 3.75. The van der Waals surface area contributed by atoms with Crippen molar-refractivity contribution in [2.45, 2.75) is 5.92 Å². The van der Waals surface area contributed by atoms with Crippen molar-refractivity contribution in [3.8, 4) is 0 Å². The second kappa shape index (κ2) is 6.93. The van der Waals surface area contributed by atoms with Crippen molar-refractivity contribution in [2.75, 3.05) is 39.1 Å². The van der Waals surface area contributed by atoms with Gasteiger partial charge in [-0.05, 0) is 5.56 Å². The van der Waals surface area contributed by atoms with Gasteiger partial charge in [0.1, 0.15) is 0 Å². The zero-order chi connectivity index (χ0) is 13.7. The molecule has 4 nitrogen and oxygen atoms in total. The average Bonchev–Trinajstić information content (AvgIpc) is 2.49. The SMILES string of the molecule is CN(C(=O)C(CS)c1ccccc1)N1CCOCC1. The van der Waals surface area contributed by atoms with Gasteiger partial charge in [-0.3, -0.25) is 9.80 Å². The van der Waals surface area contributed by atoms with Gasteiger partial charge in [-0.25, -0.2) is 5.01 Å². The lowest BCUT2D eigenvalue weighted by Gasteiger charge is -2.36. The van der Waals surface area contributed by atoms with Gasteiger partial charge in [-0.2, -0.15) is 12.6 Å². The highest BCUT2D eigenvalue weighted by Crippen LogP contribution is 2.20. The molecule has 0 spiro atoms. The number of carbonyl (C=O) groups is 1. The van der Waals surface area contributed by atoms with Crippen LogP contribution in [0.15, 0.2) is 30.3 Å². The maximum absolute atomic E-state index is 12.6. The minimum atomic E-state index is -0.197. The van der Waals surface area contributed by atoms with Gasteiger partial charge in [0.05, 0.1) is 19.1 Å². The lowest BCUT2D eigenvalue weighted by Crippen LogP contribution is -2.51. The largest absolute Gasteiger partial charge is 0.379 e. The van der Waals surface area contributed by atoms with E-state index in [0.29, 0.717) is 19.0 Å². The molecule has 1 amide bonds. The minimum absolute atomic E-state index is 0.0862. The molecule has 0 radical (unpaired) electrons. The van der Waals surface area contributed by atoms with Crippen LogP contribution in [0.3, 0.4) is 0 Å². The van der Waals surface area contributed by atoms with E-state index in [4.69, 9.17) is 4.74 Å². The van der Waals surface area contributed by atoms with Gasteiger partial charge < -0.3 is 4.74 Å². The molecule has 19 heavy (non-hydrogen) atoms. The Morgan fingerprint density at radius 3 is 2.58 bits per heavy atom. The van der Waals surface area contributed by atoms with Gasteiger partial charge in [-0.1, -0.05) is 30.3 Å². The fraction of sp³-hybridized carbons (Fsp3) is 0.500. The summed E-state index contributed by atoms with van der Waals surface area (Å²) in [5.41, 5.74) is 1.02. The Hall–Kier alpha value is -1.04. The second-order valence-corrected chi connectivity index (χ2v) is 4.94. The molecule has 1 aromatic carbocycles. The van der Waals surface area contributed by atoms with Gasteiger partial charge in [0.15, 0.2) is 0 Å². The third-order valence-electron chi connectivity index (χ3n) is 3.41. The molecule has 0 bridgehead atoms. The maximum Gasteiger partial charge on any atom is 0.244 e. The quantitative estimate of drug-likeness (QED) is 0.847. The predicted octanol–water partition coefficient (Wildman–Crippen LogP) is 1.41. The van der Waals surface area contributed by atoms with Crippen molar-refractivity contribution in [1.29, 1.82) is 0 Å². The zero-order valence-corrected chi connectivity index (χ0v) is 12.1. The molecule has 1 aliphatic rings. The van der Waals surface area contributed by atoms with Crippen LogP contribution in [0.5, 0.6) is 0 Å². The molecular weight excluding hydrogens is 260 g/mol. The molecule has 5 heteroatoms. The normalized spacial score (nSPS) is 18.0. The molecule has 2 rings (SSSR count). The fourth-order valence-corrected chi connectivity index (χ4v) is 2.60. The number of morpholine rings is 1. The third kappa shape index (κ3) is 3.49. The van der Waals surface area contributed by atoms with Crippen molar-refractivity contribution in [1.82, 2.24) is 10.0 Å². The summed E-state index contributed by atoms with van der Waals surface area (Å²) in [7, 11) is 1.83. The van der Waals surface area contributed by atoms with Crippen LogP contribution in [0.1, 0.15) is 11.5 Å². The van der Waals surface area contributed by atoms with Gasteiger partial charge in [0.2, 0.25) is 5.91 Å². The van der Waals surface area contributed by atoms with Crippen LogP contribution in [-0.2, 0) is 9.53 Å². The topological polar surface area (TPSA) is 32.8 Å². The molecule has 1 aliphatic heterocycles. The van der Waals surface area contributed by atoms with E-state index in [1.54, 1.807) is 5.01 Å². The van der Waals surface area contributed by atoms with E-state index in [1.165, 1.54) is 0 Å². The Balaban J connectivity index is 2.07. The van der Waals surface area contributed by atoms with Crippen molar-refractivity contribution in [3.05, 3.63) is 35.9 Å². The third-order valence-corrected chi connectivity index (χ3v) is 3.78. The minimum Gasteiger partial charge on any atom is -0.379 e. The summed E-state index contributed by atoms with van der Waals surface area (Å²) in [5.74, 6) is 0.401. The van der Waals surface area contributed by atoms with E-state index in [2.05, 4.69) is 12.6 Å². The smallest absolute Gasteiger partial charge is 0.244 e.